The number of hydrogen-bond donors (Lipinski definition) is 1. The van der Waals surface area contributed by atoms with Crippen LogP contribution in [0.1, 0.15) is 31.9 Å². The first kappa shape index (κ1) is 12.0. The highest BCUT2D eigenvalue weighted by Gasteiger charge is 2.11. The third kappa shape index (κ3) is 3.26. The highest BCUT2D eigenvalue weighted by atomic mass is 79.9. The number of hydrogen-bond acceptors (Lipinski definition) is 1. The lowest BCUT2D eigenvalue weighted by atomic mass is 9.98. The van der Waals surface area contributed by atoms with E-state index in [2.05, 4.69) is 29.8 Å². The minimum Gasteiger partial charge on any atom is -0.324 e. The number of benzene rings is 1. The van der Waals surface area contributed by atoms with E-state index in [9.17, 15) is 0 Å². The van der Waals surface area contributed by atoms with Crippen LogP contribution in [0.3, 0.4) is 0 Å². The Morgan fingerprint density at radius 1 is 1.43 bits per heavy atom. The van der Waals surface area contributed by atoms with Gasteiger partial charge in [0.2, 0.25) is 0 Å². The summed E-state index contributed by atoms with van der Waals surface area (Å²) in [6.07, 6.45) is 0.971. The van der Waals surface area contributed by atoms with Crippen molar-refractivity contribution in [1.29, 1.82) is 0 Å². The maximum absolute atomic E-state index is 6.08. The molecule has 0 heterocycles. The van der Waals surface area contributed by atoms with Gasteiger partial charge in [-0.05, 0) is 36.1 Å². The van der Waals surface area contributed by atoms with Crippen molar-refractivity contribution in [2.45, 2.75) is 26.3 Å². The van der Waals surface area contributed by atoms with Crippen molar-refractivity contribution in [3.05, 3.63) is 33.3 Å². The fourth-order valence-electron chi connectivity index (χ4n) is 1.43. The lowest BCUT2D eigenvalue weighted by molar-refractivity contribution is 0.509. The molecule has 0 radical (unpaired) electrons. The van der Waals surface area contributed by atoms with Crippen LogP contribution in [-0.4, -0.2) is 0 Å². The van der Waals surface area contributed by atoms with Crippen LogP contribution >= 0.6 is 27.5 Å². The van der Waals surface area contributed by atoms with Gasteiger partial charge >= 0.3 is 0 Å². The van der Waals surface area contributed by atoms with E-state index < -0.39 is 0 Å². The standard InChI is InChI=1S/C11H15BrClN/c1-7(2)5-11(14)9-6-8(13)3-4-10(9)12/h3-4,6-7,11H,5,14H2,1-2H3/t11-/m1/s1. The number of halogens is 2. The molecule has 0 aliphatic carbocycles. The molecule has 0 fully saturated rings. The van der Waals surface area contributed by atoms with Gasteiger partial charge in [0, 0.05) is 15.5 Å². The first-order valence-corrected chi connectivity index (χ1v) is 5.88. The number of rotatable bonds is 3. The highest BCUT2D eigenvalue weighted by Crippen LogP contribution is 2.28. The van der Waals surface area contributed by atoms with Crippen molar-refractivity contribution in [3.63, 3.8) is 0 Å². The van der Waals surface area contributed by atoms with Crippen LogP contribution in [0.4, 0.5) is 0 Å². The second-order valence-corrected chi connectivity index (χ2v) is 5.19. The zero-order valence-electron chi connectivity index (χ0n) is 8.43. The van der Waals surface area contributed by atoms with Crippen LogP contribution in [0, 0.1) is 5.92 Å². The summed E-state index contributed by atoms with van der Waals surface area (Å²) in [4.78, 5) is 0. The second-order valence-electron chi connectivity index (χ2n) is 3.90. The molecule has 0 amide bonds. The summed E-state index contributed by atoms with van der Waals surface area (Å²) in [5.74, 6) is 0.593. The van der Waals surface area contributed by atoms with Crippen LogP contribution in [0.2, 0.25) is 5.02 Å². The SMILES string of the molecule is CC(C)C[C@@H](N)c1cc(Cl)ccc1Br. The Balaban J connectivity index is 2.88. The van der Waals surface area contributed by atoms with E-state index in [0.29, 0.717) is 5.92 Å². The monoisotopic (exact) mass is 275 g/mol. The molecule has 1 rings (SSSR count). The molecule has 1 aromatic carbocycles. The molecule has 0 spiro atoms. The van der Waals surface area contributed by atoms with Gasteiger partial charge in [0.25, 0.3) is 0 Å². The first-order chi connectivity index (χ1) is 6.50. The molecule has 1 nitrogen and oxygen atoms in total. The summed E-state index contributed by atoms with van der Waals surface area (Å²) in [5, 5.41) is 0.738. The summed E-state index contributed by atoms with van der Waals surface area (Å²) in [6, 6.07) is 5.79. The maximum atomic E-state index is 6.08. The molecule has 78 valence electrons. The third-order valence-electron chi connectivity index (χ3n) is 2.08. The number of nitrogens with two attached hydrogens (primary N) is 1. The fraction of sp³-hybridized carbons (Fsp3) is 0.455. The normalized spacial score (nSPS) is 13.3. The maximum Gasteiger partial charge on any atom is 0.0410 e. The molecule has 3 heteroatoms. The molecule has 0 saturated heterocycles. The van der Waals surface area contributed by atoms with Crippen molar-refractivity contribution in [3.8, 4) is 0 Å². The Labute approximate surface area is 98.8 Å². The zero-order valence-corrected chi connectivity index (χ0v) is 10.8. The zero-order chi connectivity index (χ0) is 10.7. The van der Waals surface area contributed by atoms with E-state index in [1.165, 1.54) is 0 Å². The van der Waals surface area contributed by atoms with E-state index in [1.54, 1.807) is 0 Å². The van der Waals surface area contributed by atoms with Gasteiger partial charge in [-0.3, -0.25) is 0 Å². The predicted molar refractivity (Wildman–Crippen MR) is 65.5 cm³/mol. The Hall–Kier alpha value is -0.0500. The Morgan fingerprint density at radius 2 is 2.07 bits per heavy atom. The molecule has 0 saturated carbocycles. The summed E-state index contributed by atoms with van der Waals surface area (Å²) in [6.45, 7) is 4.33. The van der Waals surface area contributed by atoms with E-state index >= 15 is 0 Å². The van der Waals surface area contributed by atoms with Crippen LogP contribution < -0.4 is 5.73 Å². The van der Waals surface area contributed by atoms with E-state index in [4.69, 9.17) is 17.3 Å². The molecular formula is C11H15BrClN. The molecule has 0 unspecified atom stereocenters. The fourth-order valence-corrected chi connectivity index (χ4v) is 2.15. The van der Waals surface area contributed by atoms with Gasteiger partial charge in [0.1, 0.15) is 0 Å². The summed E-state index contributed by atoms with van der Waals surface area (Å²) >= 11 is 9.40. The molecular weight excluding hydrogens is 261 g/mol. The minimum atomic E-state index is 0.0584. The quantitative estimate of drug-likeness (QED) is 0.882. The summed E-state index contributed by atoms with van der Waals surface area (Å²) in [7, 11) is 0. The van der Waals surface area contributed by atoms with Crippen molar-refractivity contribution in [2.24, 2.45) is 11.7 Å². The lowest BCUT2D eigenvalue weighted by Crippen LogP contribution is -2.13. The minimum absolute atomic E-state index is 0.0584. The molecule has 14 heavy (non-hydrogen) atoms. The molecule has 1 aromatic rings. The van der Waals surface area contributed by atoms with Gasteiger partial charge in [-0.2, -0.15) is 0 Å². The van der Waals surface area contributed by atoms with Crippen LogP contribution in [-0.2, 0) is 0 Å². The van der Waals surface area contributed by atoms with Crippen LogP contribution in [0.15, 0.2) is 22.7 Å². The van der Waals surface area contributed by atoms with E-state index in [0.717, 1.165) is 21.5 Å². The second kappa shape index (κ2) is 5.15. The molecule has 2 N–H and O–H groups in total. The largest absolute Gasteiger partial charge is 0.324 e. The van der Waals surface area contributed by atoms with Crippen molar-refractivity contribution in [1.82, 2.24) is 0 Å². The topological polar surface area (TPSA) is 26.0 Å². The molecule has 0 aliphatic heterocycles. The molecule has 0 bridgehead atoms. The molecule has 0 aromatic heterocycles. The average Bonchev–Trinajstić information content (AvgIpc) is 2.08. The van der Waals surface area contributed by atoms with E-state index in [1.807, 2.05) is 18.2 Å². The van der Waals surface area contributed by atoms with Crippen molar-refractivity contribution in [2.75, 3.05) is 0 Å². The van der Waals surface area contributed by atoms with Gasteiger partial charge in [0.15, 0.2) is 0 Å². The van der Waals surface area contributed by atoms with Gasteiger partial charge in [-0.1, -0.05) is 41.4 Å². The van der Waals surface area contributed by atoms with E-state index in [-0.39, 0.29) is 6.04 Å². The van der Waals surface area contributed by atoms with Crippen LogP contribution in [0.25, 0.3) is 0 Å². The first-order valence-electron chi connectivity index (χ1n) is 4.71. The summed E-state index contributed by atoms with van der Waals surface area (Å²) < 4.78 is 1.04. The average molecular weight is 277 g/mol. The molecule has 0 aliphatic rings. The molecule has 1 atom stereocenters. The predicted octanol–water partition coefficient (Wildman–Crippen LogP) is 4.15. The third-order valence-corrected chi connectivity index (χ3v) is 3.04. The van der Waals surface area contributed by atoms with Gasteiger partial charge in [-0.15, -0.1) is 0 Å². The van der Waals surface area contributed by atoms with Gasteiger partial charge < -0.3 is 5.73 Å². The van der Waals surface area contributed by atoms with Crippen molar-refractivity contribution < 1.29 is 0 Å². The summed E-state index contributed by atoms with van der Waals surface area (Å²) in [5.41, 5.74) is 7.17. The van der Waals surface area contributed by atoms with Gasteiger partial charge in [-0.25, -0.2) is 0 Å². The van der Waals surface area contributed by atoms with Crippen molar-refractivity contribution >= 4 is 27.5 Å². The van der Waals surface area contributed by atoms with Crippen LogP contribution in [0.5, 0.6) is 0 Å². The smallest absolute Gasteiger partial charge is 0.0410 e. The lowest BCUT2D eigenvalue weighted by Gasteiger charge is -2.16. The van der Waals surface area contributed by atoms with Gasteiger partial charge in [0.05, 0.1) is 0 Å². The highest BCUT2D eigenvalue weighted by molar-refractivity contribution is 9.10. The Bertz CT molecular complexity index is 312. The Morgan fingerprint density at radius 3 is 2.64 bits per heavy atom. The Kier molecular flexibility index (Phi) is 4.42.